The number of pyridine rings is 1. The Labute approximate surface area is 344 Å². The average Bonchev–Trinajstić information content (AvgIpc) is 3.76. The quantitative estimate of drug-likeness (QED) is 0.0392. The van der Waals surface area contributed by atoms with Gasteiger partial charge in [-0.2, -0.15) is 23.5 Å². The molecule has 1 aliphatic heterocycles. The maximum Gasteiger partial charge on any atom is 0.472 e. The molecule has 0 spiro atoms. The molecule has 0 amide bonds. The van der Waals surface area contributed by atoms with E-state index in [2.05, 4.69) is 22.0 Å². The Balaban J connectivity index is 1.20. The maximum absolute atomic E-state index is 13.0. The van der Waals surface area contributed by atoms with Gasteiger partial charge < -0.3 is 35.1 Å². The second kappa shape index (κ2) is 24.3. The van der Waals surface area contributed by atoms with E-state index in [1.54, 1.807) is 0 Å². The number of phosphoric acid groups is 1. The van der Waals surface area contributed by atoms with Gasteiger partial charge in [0.15, 0.2) is 5.82 Å². The lowest BCUT2D eigenvalue weighted by atomic mass is 9.92. The van der Waals surface area contributed by atoms with E-state index in [0.717, 1.165) is 44.3 Å². The van der Waals surface area contributed by atoms with Gasteiger partial charge in [0.05, 0.1) is 32.1 Å². The van der Waals surface area contributed by atoms with Crippen molar-refractivity contribution < 1.29 is 56.1 Å². The van der Waals surface area contributed by atoms with Gasteiger partial charge in [-0.05, 0) is 30.2 Å². The summed E-state index contributed by atoms with van der Waals surface area (Å²) in [7, 11) is -4.87. The molecule has 1 saturated heterocycles. The van der Waals surface area contributed by atoms with E-state index < -0.39 is 62.9 Å². The molecule has 1 fully saturated rings. The minimum atomic E-state index is -4.87. The van der Waals surface area contributed by atoms with Crippen molar-refractivity contribution in [3.63, 3.8) is 0 Å². The Bertz CT molecular complexity index is 1770. The van der Waals surface area contributed by atoms with Crippen molar-refractivity contribution >= 4 is 19.2 Å². The predicted octanol–water partition coefficient (Wildman–Crippen LogP) is 7.56. The summed E-state index contributed by atoms with van der Waals surface area (Å²) in [6.45, 7) is 1.09. The number of aromatic nitrogens is 4. The van der Waals surface area contributed by atoms with E-state index in [4.69, 9.17) is 29.0 Å². The number of nitriles is 1. The Kier molecular flexibility index (Phi) is 19.9. The van der Waals surface area contributed by atoms with Crippen molar-refractivity contribution in [1.29, 1.82) is 5.26 Å². The van der Waals surface area contributed by atoms with Crippen molar-refractivity contribution in [2.75, 3.05) is 32.2 Å². The van der Waals surface area contributed by atoms with Gasteiger partial charge in [-0.25, -0.2) is 14.1 Å². The summed E-state index contributed by atoms with van der Waals surface area (Å²) in [5.41, 5.74) is 3.34. The second-order valence-corrected chi connectivity index (χ2v) is 16.5. The number of fused-ring (bicyclic) bond motifs is 1. The van der Waals surface area contributed by atoms with Crippen LogP contribution in [0.15, 0.2) is 36.8 Å². The van der Waals surface area contributed by atoms with Gasteiger partial charge in [-0.3, -0.25) is 14.0 Å². The van der Waals surface area contributed by atoms with Gasteiger partial charge in [-0.1, -0.05) is 109 Å². The molecule has 0 saturated carbocycles. The number of alkyl halides is 3. The molecule has 1 unspecified atom stereocenters. The maximum atomic E-state index is 13.0. The van der Waals surface area contributed by atoms with Gasteiger partial charge in [-0.15, -0.1) is 0 Å². The summed E-state index contributed by atoms with van der Waals surface area (Å²) in [4.78, 5) is 17.9. The van der Waals surface area contributed by atoms with Gasteiger partial charge in [0.1, 0.15) is 48.0 Å². The zero-order valence-electron chi connectivity index (χ0n) is 33.8. The lowest BCUT2D eigenvalue weighted by Gasteiger charge is -2.24. The van der Waals surface area contributed by atoms with Crippen molar-refractivity contribution in [3.05, 3.63) is 53.7 Å². The molecule has 0 bridgehead atoms. The van der Waals surface area contributed by atoms with E-state index in [-0.39, 0.29) is 24.7 Å². The minimum absolute atomic E-state index is 0.0319. The van der Waals surface area contributed by atoms with E-state index in [0.29, 0.717) is 17.7 Å². The molecular formula is C40H60F3N6O9P. The Morgan fingerprint density at radius 3 is 2.14 bits per heavy atom. The van der Waals surface area contributed by atoms with Crippen LogP contribution in [0.1, 0.15) is 127 Å². The summed E-state index contributed by atoms with van der Waals surface area (Å²) < 4.78 is 80.9. The molecule has 19 heteroatoms. The van der Waals surface area contributed by atoms with E-state index in [1.165, 1.54) is 99.8 Å². The molecule has 0 aromatic carbocycles. The molecule has 3 aromatic rings. The van der Waals surface area contributed by atoms with Crippen molar-refractivity contribution in [1.82, 2.24) is 19.6 Å². The lowest BCUT2D eigenvalue weighted by molar-refractivity contribution is -0.141. The number of aliphatic hydroxyl groups is 2. The third kappa shape index (κ3) is 15.0. The summed E-state index contributed by atoms with van der Waals surface area (Å²) >= 11 is 0. The highest BCUT2D eigenvalue weighted by atomic mass is 31.2. The molecule has 0 aliphatic carbocycles. The minimum Gasteiger partial charge on any atom is -0.387 e. The molecule has 3 aromatic heterocycles. The predicted molar refractivity (Wildman–Crippen MR) is 211 cm³/mol. The van der Waals surface area contributed by atoms with E-state index >= 15 is 0 Å². The monoisotopic (exact) mass is 856 g/mol. The molecule has 4 rings (SSSR count). The first-order valence-electron chi connectivity index (χ1n) is 20.7. The fourth-order valence-corrected chi connectivity index (χ4v) is 7.70. The van der Waals surface area contributed by atoms with Crippen LogP contribution in [0.5, 0.6) is 0 Å². The van der Waals surface area contributed by atoms with Crippen LogP contribution in [0, 0.1) is 11.3 Å². The topological polar surface area (TPSA) is 217 Å². The van der Waals surface area contributed by atoms with Gasteiger partial charge in [0.2, 0.25) is 5.60 Å². The molecule has 1 aliphatic rings. The highest BCUT2D eigenvalue weighted by Crippen LogP contribution is 2.46. The SMILES string of the molecule is CCCCCCCCCCCCCCCCCCOC[C@H](COP(=O)(O)OC[C@H]1O[C@@](C#N)(c2ccc3c(N)ncnn23)[C@H](O)[C@@H]1O)OCc1ccc(C(F)(F)F)nc1. The van der Waals surface area contributed by atoms with Crippen LogP contribution in [-0.2, 0) is 46.2 Å². The first-order valence-corrected chi connectivity index (χ1v) is 22.2. The number of anilines is 1. The fraction of sp³-hybridized carbons (Fsp3) is 0.700. The first-order chi connectivity index (χ1) is 28.3. The molecule has 330 valence electrons. The third-order valence-corrected chi connectivity index (χ3v) is 11.3. The number of halogens is 3. The van der Waals surface area contributed by atoms with Gasteiger partial charge >= 0.3 is 14.0 Å². The number of rotatable bonds is 29. The zero-order chi connectivity index (χ0) is 42.7. The van der Waals surface area contributed by atoms with Crippen LogP contribution >= 0.6 is 7.82 Å². The Morgan fingerprint density at radius 1 is 0.932 bits per heavy atom. The molecule has 15 nitrogen and oxygen atoms in total. The highest BCUT2D eigenvalue weighted by Gasteiger charge is 2.58. The van der Waals surface area contributed by atoms with Crippen LogP contribution in [0.4, 0.5) is 19.0 Å². The molecule has 59 heavy (non-hydrogen) atoms. The molecule has 5 N–H and O–H groups in total. The number of nitrogens with zero attached hydrogens (tertiary/aromatic N) is 5. The van der Waals surface area contributed by atoms with E-state index in [9.17, 15) is 38.1 Å². The normalized spacial score (nSPS) is 21.2. The van der Waals surface area contributed by atoms with Crippen molar-refractivity contribution in [2.24, 2.45) is 0 Å². The highest BCUT2D eigenvalue weighted by molar-refractivity contribution is 7.47. The number of phosphoric ester groups is 1. The van der Waals surface area contributed by atoms with Crippen molar-refractivity contribution in [2.45, 2.75) is 152 Å². The summed E-state index contributed by atoms with van der Waals surface area (Å²) in [6, 6.07) is 6.84. The van der Waals surface area contributed by atoms with Crippen LogP contribution < -0.4 is 5.73 Å². The molecule has 0 radical (unpaired) electrons. The van der Waals surface area contributed by atoms with Crippen LogP contribution in [0.2, 0.25) is 0 Å². The lowest BCUT2D eigenvalue weighted by Crippen LogP contribution is -2.41. The summed E-state index contributed by atoms with van der Waals surface area (Å²) in [5, 5.41) is 35.9. The Morgan fingerprint density at radius 2 is 1.56 bits per heavy atom. The molecular weight excluding hydrogens is 796 g/mol. The van der Waals surface area contributed by atoms with Crippen LogP contribution in [0.25, 0.3) is 5.52 Å². The van der Waals surface area contributed by atoms with Gasteiger partial charge in [0.25, 0.3) is 0 Å². The largest absolute Gasteiger partial charge is 0.472 e. The number of ether oxygens (including phenoxy) is 3. The number of hydrogen-bond donors (Lipinski definition) is 4. The Hall–Kier alpha value is -3.24. The second-order valence-electron chi connectivity index (χ2n) is 15.0. The first kappa shape index (κ1) is 48.4. The average molecular weight is 857 g/mol. The van der Waals surface area contributed by atoms with Crippen LogP contribution in [0.3, 0.4) is 0 Å². The number of aliphatic hydroxyl groups excluding tert-OH is 2. The number of nitrogens with two attached hydrogens (primary N) is 1. The number of hydrogen-bond acceptors (Lipinski definition) is 13. The fourth-order valence-electron chi connectivity index (χ4n) is 6.94. The summed E-state index contributed by atoms with van der Waals surface area (Å²) in [5.74, 6) is 0.0922. The van der Waals surface area contributed by atoms with Crippen molar-refractivity contribution in [3.8, 4) is 6.07 Å². The van der Waals surface area contributed by atoms with Gasteiger partial charge in [0, 0.05) is 12.8 Å². The summed E-state index contributed by atoms with van der Waals surface area (Å²) in [6.07, 6.45) is 11.3. The number of nitrogen functional groups attached to an aromatic ring is 1. The number of unbranched alkanes of at least 4 members (excludes halogenated alkanes) is 15. The van der Waals surface area contributed by atoms with E-state index in [1.807, 2.05) is 6.07 Å². The molecule has 6 atom stereocenters. The van der Waals surface area contributed by atoms with Crippen LogP contribution in [-0.4, -0.2) is 85.5 Å². The smallest absolute Gasteiger partial charge is 0.387 e. The third-order valence-electron chi connectivity index (χ3n) is 10.4. The zero-order valence-corrected chi connectivity index (χ0v) is 34.7. The standard InChI is InChI=1S/C40H60F3N6O9P/c1-2-3-4-5-6-7-8-9-10-11-12-13-14-15-16-17-22-54-25-31(55-24-30-18-20-34(46-23-30)40(41,42)43)26-56-59(52,53)57-27-33-36(50)37(51)39(28-44,58-33)35-21-19-32-38(45)47-29-48-49(32)35/h18-21,23,29,31,33,36-37,50-51H,2-17,22,24-27H2,1H3,(H,52,53)(H2,45,47,48)/t31-,33-,36-,37-,39+/m1/s1. The molecule has 4 heterocycles.